The highest BCUT2D eigenvalue weighted by Crippen LogP contribution is 2.38. The van der Waals surface area contributed by atoms with Gasteiger partial charge in [-0.1, -0.05) is 19.3 Å². The molecule has 3 aliphatic rings. The number of pyridine rings is 1. The Morgan fingerprint density at radius 1 is 1.09 bits per heavy atom. The van der Waals surface area contributed by atoms with Crippen LogP contribution in [0.3, 0.4) is 0 Å². The van der Waals surface area contributed by atoms with Crippen molar-refractivity contribution < 1.29 is 18.4 Å². The van der Waals surface area contributed by atoms with Crippen LogP contribution in [-0.4, -0.2) is 45.7 Å². The second-order valence-electron chi connectivity index (χ2n) is 9.74. The molecule has 0 radical (unpaired) electrons. The number of alkyl halides is 2. The fraction of sp³-hybridized carbons (Fsp3) is 0.708. The Kier molecular flexibility index (Phi) is 6.96. The summed E-state index contributed by atoms with van der Waals surface area (Å²) in [6, 6.07) is 1.64. The van der Waals surface area contributed by atoms with E-state index in [0.29, 0.717) is 25.3 Å². The molecule has 1 saturated carbocycles. The first kappa shape index (κ1) is 22.9. The number of carbonyl (C=O) groups excluding carboxylic acids is 2. The van der Waals surface area contributed by atoms with Crippen molar-refractivity contribution in [3.8, 4) is 0 Å². The smallest absolute Gasteiger partial charge is 0.315 e. The second-order valence-corrected chi connectivity index (χ2v) is 9.74. The highest BCUT2D eigenvalue weighted by molar-refractivity contribution is 5.79. The Labute approximate surface area is 188 Å². The quantitative estimate of drug-likeness (QED) is 0.644. The molecule has 0 spiro atoms. The van der Waals surface area contributed by atoms with E-state index in [1.165, 1.54) is 0 Å². The highest BCUT2D eigenvalue weighted by atomic mass is 19.3. The monoisotopic (exact) mass is 448 g/mol. The summed E-state index contributed by atoms with van der Waals surface area (Å²) in [5.41, 5.74) is 7.83. The van der Waals surface area contributed by atoms with Crippen LogP contribution in [0.4, 0.5) is 13.6 Å². The molecular formula is C24H34F2N4O2. The van der Waals surface area contributed by atoms with Gasteiger partial charge in [0.15, 0.2) is 0 Å². The Morgan fingerprint density at radius 3 is 2.47 bits per heavy atom. The van der Waals surface area contributed by atoms with Crippen molar-refractivity contribution >= 4 is 11.9 Å². The van der Waals surface area contributed by atoms with E-state index in [1.807, 2.05) is 17.2 Å². The van der Waals surface area contributed by atoms with Crippen molar-refractivity contribution in [3.63, 3.8) is 0 Å². The zero-order valence-electron chi connectivity index (χ0n) is 18.6. The lowest BCUT2D eigenvalue weighted by atomic mass is 9.84. The van der Waals surface area contributed by atoms with Crippen molar-refractivity contribution in [2.45, 2.75) is 82.7 Å². The van der Waals surface area contributed by atoms with Gasteiger partial charge in [-0.3, -0.25) is 9.78 Å². The van der Waals surface area contributed by atoms with E-state index in [2.05, 4.69) is 4.98 Å². The maximum Gasteiger partial charge on any atom is 0.315 e. The highest BCUT2D eigenvalue weighted by Gasteiger charge is 2.39. The number of unbranched alkanes of at least 4 members (excludes halogenated alkanes) is 1. The Morgan fingerprint density at radius 2 is 1.78 bits per heavy atom. The van der Waals surface area contributed by atoms with Crippen LogP contribution in [0.15, 0.2) is 18.5 Å². The number of hydrogen-bond donors (Lipinski definition) is 1. The van der Waals surface area contributed by atoms with Crippen molar-refractivity contribution in [2.75, 3.05) is 13.1 Å². The molecule has 2 aliphatic heterocycles. The predicted octanol–water partition coefficient (Wildman–Crippen LogP) is 4.64. The predicted molar refractivity (Wildman–Crippen MR) is 117 cm³/mol. The van der Waals surface area contributed by atoms with Crippen molar-refractivity contribution in [3.05, 3.63) is 29.6 Å². The first-order valence-electron chi connectivity index (χ1n) is 12.0. The van der Waals surface area contributed by atoms with Crippen LogP contribution in [0.2, 0.25) is 0 Å². The third-order valence-electron chi connectivity index (χ3n) is 7.63. The fourth-order valence-electron chi connectivity index (χ4n) is 5.66. The maximum absolute atomic E-state index is 13.4. The number of rotatable bonds is 6. The third-order valence-corrected chi connectivity index (χ3v) is 7.63. The first-order valence-corrected chi connectivity index (χ1v) is 12.0. The summed E-state index contributed by atoms with van der Waals surface area (Å²) in [7, 11) is 0. The number of carbonyl (C=O) groups is 2. The average Bonchev–Trinajstić information content (AvgIpc) is 3.16. The minimum atomic E-state index is -2.59. The lowest BCUT2D eigenvalue weighted by Gasteiger charge is -2.36. The normalized spacial score (nSPS) is 23.9. The average molecular weight is 449 g/mol. The minimum absolute atomic E-state index is 0.0350. The van der Waals surface area contributed by atoms with Gasteiger partial charge in [-0.15, -0.1) is 0 Å². The summed E-state index contributed by atoms with van der Waals surface area (Å²) < 4.78 is 26.7. The molecule has 8 heteroatoms. The van der Waals surface area contributed by atoms with Gasteiger partial charge in [0.1, 0.15) is 0 Å². The minimum Gasteiger partial charge on any atom is -0.351 e. The van der Waals surface area contributed by atoms with Crippen LogP contribution in [-0.2, 0) is 11.3 Å². The Bertz CT molecular complexity index is 816. The second kappa shape index (κ2) is 9.71. The third kappa shape index (κ3) is 5.21. The zero-order valence-corrected chi connectivity index (χ0v) is 18.6. The van der Waals surface area contributed by atoms with Gasteiger partial charge < -0.3 is 15.5 Å². The summed E-state index contributed by atoms with van der Waals surface area (Å²) in [6.45, 7) is 2.03. The topological polar surface area (TPSA) is 79.5 Å². The summed E-state index contributed by atoms with van der Waals surface area (Å²) in [5, 5.41) is 0. The van der Waals surface area contributed by atoms with Crippen LogP contribution in [0.1, 0.15) is 81.4 Å². The Balaban J connectivity index is 1.17. The van der Waals surface area contributed by atoms with Crippen LogP contribution in [0.25, 0.3) is 0 Å². The van der Waals surface area contributed by atoms with Gasteiger partial charge in [-0.25, -0.2) is 13.6 Å². The molecule has 3 heterocycles. The molecule has 4 rings (SSSR count). The van der Waals surface area contributed by atoms with Gasteiger partial charge in [0.05, 0.1) is 6.04 Å². The fourth-order valence-corrected chi connectivity index (χ4v) is 5.66. The van der Waals surface area contributed by atoms with Crippen molar-refractivity contribution in [1.82, 2.24) is 14.8 Å². The van der Waals surface area contributed by atoms with Gasteiger partial charge in [0.2, 0.25) is 11.8 Å². The number of halogens is 2. The molecule has 1 aromatic rings. The molecule has 176 valence electrons. The molecule has 1 saturated heterocycles. The largest absolute Gasteiger partial charge is 0.351 e. The van der Waals surface area contributed by atoms with Crippen molar-refractivity contribution in [1.29, 1.82) is 0 Å². The molecule has 6 nitrogen and oxygen atoms in total. The SMILES string of the molecule is NC(=O)N1Cc2cnccc2C1CCCCC1CCN(C(=O)C2CCC(F)(F)CC2)CC1. The van der Waals surface area contributed by atoms with Gasteiger partial charge in [-0.2, -0.15) is 0 Å². The zero-order chi connectivity index (χ0) is 22.7. The summed E-state index contributed by atoms with van der Waals surface area (Å²) in [4.78, 5) is 32.3. The number of fused-ring (bicyclic) bond motifs is 1. The van der Waals surface area contributed by atoms with E-state index in [1.54, 1.807) is 11.1 Å². The molecule has 0 bridgehead atoms. The van der Waals surface area contributed by atoms with E-state index >= 15 is 0 Å². The summed E-state index contributed by atoms with van der Waals surface area (Å²) >= 11 is 0. The summed E-state index contributed by atoms with van der Waals surface area (Å²) in [6.07, 6.45) is 9.98. The van der Waals surface area contributed by atoms with Gasteiger partial charge >= 0.3 is 6.03 Å². The number of piperidine rings is 1. The van der Waals surface area contributed by atoms with Gasteiger partial charge in [0, 0.05) is 50.8 Å². The first-order chi connectivity index (χ1) is 15.3. The molecule has 32 heavy (non-hydrogen) atoms. The molecule has 2 N–H and O–H groups in total. The lowest BCUT2D eigenvalue weighted by molar-refractivity contribution is -0.141. The number of nitrogens with zero attached hydrogens (tertiary/aromatic N) is 3. The number of hydrogen-bond acceptors (Lipinski definition) is 3. The summed E-state index contributed by atoms with van der Waals surface area (Å²) in [5.74, 6) is -2.12. The number of likely N-dealkylation sites (tertiary alicyclic amines) is 1. The van der Waals surface area contributed by atoms with E-state index in [-0.39, 0.29) is 36.7 Å². The van der Waals surface area contributed by atoms with E-state index < -0.39 is 5.92 Å². The molecule has 0 aromatic carbocycles. The van der Waals surface area contributed by atoms with Crippen molar-refractivity contribution in [2.24, 2.45) is 17.6 Å². The van der Waals surface area contributed by atoms with Crippen LogP contribution in [0, 0.1) is 11.8 Å². The van der Waals surface area contributed by atoms with Crippen LogP contribution in [0.5, 0.6) is 0 Å². The number of urea groups is 1. The molecule has 3 amide bonds. The molecule has 1 unspecified atom stereocenters. The lowest BCUT2D eigenvalue weighted by Crippen LogP contribution is -2.43. The van der Waals surface area contributed by atoms with Crippen LogP contribution < -0.4 is 5.73 Å². The number of aromatic nitrogens is 1. The van der Waals surface area contributed by atoms with Crippen LogP contribution >= 0.6 is 0 Å². The Hall–Kier alpha value is -2.25. The number of amides is 3. The van der Waals surface area contributed by atoms with Gasteiger partial charge in [-0.05, 0) is 55.2 Å². The number of primary amides is 1. The number of nitrogens with two attached hydrogens (primary N) is 1. The molecule has 1 aliphatic carbocycles. The standard InChI is InChI=1S/C24H34F2N4O2/c25-24(26)10-5-18(6-11-24)22(31)29-13-8-17(9-14-29)3-1-2-4-21-20-7-12-28-15-19(20)16-30(21)23(27)32/h7,12,15,17-18,21H,1-6,8-11,13-14,16H2,(H2,27,32). The van der Waals surface area contributed by atoms with Gasteiger partial charge in [0.25, 0.3) is 0 Å². The van der Waals surface area contributed by atoms with E-state index in [9.17, 15) is 18.4 Å². The van der Waals surface area contributed by atoms with E-state index in [0.717, 1.165) is 62.7 Å². The molecule has 2 fully saturated rings. The van der Waals surface area contributed by atoms with E-state index in [4.69, 9.17) is 5.73 Å². The molecule has 1 atom stereocenters. The molecule has 1 aromatic heterocycles. The molecular weight excluding hydrogens is 414 g/mol. The maximum atomic E-state index is 13.4.